The Labute approximate surface area is 89.6 Å². The van der Waals surface area contributed by atoms with E-state index in [2.05, 4.69) is 0 Å². The van der Waals surface area contributed by atoms with E-state index >= 15 is 0 Å². The van der Waals surface area contributed by atoms with Gasteiger partial charge in [-0.15, -0.1) is 0 Å². The Bertz CT molecular complexity index is 227. The molecule has 0 aromatic carbocycles. The van der Waals surface area contributed by atoms with Crippen LogP contribution in [-0.2, 0) is 14.3 Å². The highest BCUT2D eigenvalue weighted by Crippen LogP contribution is 2.36. The minimum Gasteiger partial charge on any atom is -0.479 e. The molecule has 1 saturated carbocycles. The number of aliphatic carboxylic acids is 1. The molecule has 2 aliphatic rings. The Kier molecular flexibility index (Phi) is 3.26. The van der Waals surface area contributed by atoms with E-state index in [1.54, 1.807) is 0 Å². The normalized spacial score (nSPS) is 30.3. The Morgan fingerprint density at radius 3 is 2.53 bits per heavy atom. The molecule has 2 rings (SSSR count). The van der Waals surface area contributed by atoms with E-state index in [1.165, 1.54) is 0 Å². The molecule has 4 nitrogen and oxygen atoms in total. The standard InChI is InChI=1S/C11H18O4/c12-10(13)11(6-2-3-7-11)15-9-5-1-4-8-14-9/h9H,1-8H2,(H,12,13). The Morgan fingerprint density at radius 2 is 2.00 bits per heavy atom. The fraction of sp³-hybridized carbons (Fsp3) is 0.909. The van der Waals surface area contributed by atoms with Gasteiger partial charge in [0.1, 0.15) is 0 Å². The van der Waals surface area contributed by atoms with Crippen molar-refractivity contribution in [3.8, 4) is 0 Å². The third-order valence-corrected chi connectivity index (χ3v) is 3.30. The van der Waals surface area contributed by atoms with Crippen LogP contribution in [-0.4, -0.2) is 29.6 Å². The van der Waals surface area contributed by atoms with Crippen molar-refractivity contribution in [2.24, 2.45) is 0 Å². The van der Waals surface area contributed by atoms with Crippen LogP contribution in [0.1, 0.15) is 44.9 Å². The number of carboxylic acids is 1. The highest BCUT2D eigenvalue weighted by molar-refractivity contribution is 5.77. The quantitative estimate of drug-likeness (QED) is 0.779. The maximum absolute atomic E-state index is 11.2. The topological polar surface area (TPSA) is 55.8 Å². The van der Waals surface area contributed by atoms with Crippen molar-refractivity contribution < 1.29 is 19.4 Å². The zero-order valence-electron chi connectivity index (χ0n) is 8.91. The monoisotopic (exact) mass is 214 g/mol. The molecule has 1 aliphatic heterocycles. The highest BCUT2D eigenvalue weighted by atomic mass is 16.7. The Morgan fingerprint density at radius 1 is 1.27 bits per heavy atom. The van der Waals surface area contributed by atoms with Crippen LogP contribution in [0.4, 0.5) is 0 Å². The molecule has 1 heterocycles. The number of carboxylic acid groups (broad SMARTS) is 1. The van der Waals surface area contributed by atoms with Gasteiger partial charge in [-0.3, -0.25) is 0 Å². The second kappa shape index (κ2) is 4.49. The summed E-state index contributed by atoms with van der Waals surface area (Å²) in [5, 5.41) is 9.21. The number of rotatable bonds is 3. The molecule has 1 unspecified atom stereocenters. The van der Waals surface area contributed by atoms with Crippen molar-refractivity contribution >= 4 is 5.97 Å². The zero-order chi connectivity index (χ0) is 10.7. The van der Waals surface area contributed by atoms with Gasteiger partial charge in [0.2, 0.25) is 0 Å². The van der Waals surface area contributed by atoms with Gasteiger partial charge in [0.15, 0.2) is 11.9 Å². The lowest BCUT2D eigenvalue weighted by Crippen LogP contribution is -2.43. The molecule has 0 amide bonds. The average Bonchev–Trinajstić information content (AvgIpc) is 2.69. The molecule has 0 radical (unpaired) electrons. The molecule has 1 aliphatic carbocycles. The average molecular weight is 214 g/mol. The third-order valence-electron chi connectivity index (χ3n) is 3.30. The maximum Gasteiger partial charge on any atom is 0.336 e. The summed E-state index contributed by atoms with van der Waals surface area (Å²) in [4.78, 5) is 11.2. The van der Waals surface area contributed by atoms with Crippen molar-refractivity contribution in [3.05, 3.63) is 0 Å². The predicted molar refractivity (Wildman–Crippen MR) is 53.5 cm³/mol. The van der Waals surface area contributed by atoms with E-state index in [0.717, 1.165) is 32.1 Å². The second-order valence-electron chi connectivity index (χ2n) is 4.42. The molecule has 4 heteroatoms. The summed E-state index contributed by atoms with van der Waals surface area (Å²) in [6.45, 7) is 0.695. The molecule has 0 aromatic rings. The molecule has 0 spiro atoms. The van der Waals surface area contributed by atoms with Gasteiger partial charge in [-0.05, 0) is 44.9 Å². The first kappa shape index (κ1) is 10.9. The maximum atomic E-state index is 11.2. The van der Waals surface area contributed by atoms with Gasteiger partial charge in [0.25, 0.3) is 0 Å². The van der Waals surface area contributed by atoms with Gasteiger partial charge >= 0.3 is 5.97 Å². The second-order valence-corrected chi connectivity index (χ2v) is 4.42. The number of carbonyl (C=O) groups is 1. The van der Waals surface area contributed by atoms with E-state index in [4.69, 9.17) is 9.47 Å². The summed E-state index contributed by atoms with van der Waals surface area (Å²) >= 11 is 0. The lowest BCUT2D eigenvalue weighted by atomic mass is 10.0. The fourth-order valence-electron chi connectivity index (χ4n) is 2.38. The van der Waals surface area contributed by atoms with Crippen LogP contribution >= 0.6 is 0 Å². The smallest absolute Gasteiger partial charge is 0.336 e. The van der Waals surface area contributed by atoms with Crippen LogP contribution in [0, 0.1) is 0 Å². The van der Waals surface area contributed by atoms with Crippen LogP contribution in [0.5, 0.6) is 0 Å². The lowest BCUT2D eigenvalue weighted by Gasteiger charge is -2.32. The molecular formula is C11H18O4. The number of hydrogen-bond donors (Lipinski definition) is 1. The fourth-order valence-corrected chi connectivity index (χ4v) is 2.38. The predicted octanol–water partition coefficient (Wildman–Crippen LogP) is 1.93. The first-order valence-corrected chi connectivity index (χ1v) is 5.76. The Hall–Kier alpha value is -0.610. The minimum atomic E-state index is -0.956. The van der Waals surface area contributed by atoms with Gasteiger partial charge in [-0.2, -0.15) is 0 Å². The van der Waals surface area contributed by atoms with Crippen molar-refractivity contribution in [2.45, 2.75) is 56.8 Å². The molecule has 1 saturated heterocycles. The van der Waals surface area contributed by atoms with Crippen LogP contribution in [0.25, 0.3) is 0 Å². The van der Waals surface area contributed by atoms with Crippen molar-refractivity contribution in [1.82, 2.24) is 0 Å². The summed E-state index contributed by atoms with van der Waals surface area (Å²) < 4.78 is 11.1. The molecule has 0 aromatic heterocycles. The summed E-state index contributed by atoms with van der Waals surface area (Å²) in [6.07, 6.45) is 5.80. The van der Waals surface area contributed by atoms with Crippen LogP contribution < -0.4 is 0 Å². The summed E-state index contributed by atoms with van der Waals surface area (Å²) in [5.74, 6) is -0.825. The van der Waals surface area contributed by atoms with Gasteiger partial charge in [-0.1, -0.05) is 0 Å². The van der Waals surface area contributed by atoms with E-state index in [1.807, 2.05) is 0 Å². The van der Waals surface area contributed by atoms with Crippen molar-refractivity contribution in [1.29, 1.82) is 0 Å². The first-order valence-electron chi connectivity index (χ1n) is 5.76. The summed E-state index contributed by atoms with van der Waals surface area (Å²) in [7, 11) is 0. The molecule has 2 fully saturated rings. The Balaban J connectivity index is 1.96. The molecular weight excluding hydrogens is 196 g/mol. The SMILES string of the molecule is O=C(O)C1(OC2CCCCO2)CCCC1. The molecule has 86 valence electrons. The van der Waals surface area contributed by atoms with Crippen molar-refractivity contribution in [2.75, 3.05) is 6.61 Å². The zero-order valence-corrected chi connectivity index (χ0v) is 8.91. The van der Waals surface area contributed by atoms with Crippen molar-refractivity contribution in [3.63, 3.8) is 0 Å². The van der Waals surface area contributed by atoms with Crippen LogP contribution in [0.2, 0.25) is 0 Å². The third kappa shape index (κ3) is 2.32. The largest absolute Gasteiger partial charge is 0.479 e. The van der Waals surface area contributed by atoms with E-state index in [0.29, 0.717) is 19.4 Å². The molecule has 1 N–H and O–H groups in total. The van der Waals surface area contributed by atoms with Gasteiger partial charge in [0, 0.05) is 6.61 Å². The summed E-state index contributed by atoms with van der Waals surface area (Å²) in [6, 6.07) is 0. The van der Waals surface area contributed by atoms with Gasteiger partial charge in [0.05, 0.1) is 0 Å². The van der Waals surface area contributed by atoms with Gasteiger partial charge in [-0.25, -0.2) is 4.79 Å². The van der Waals surface area contributed by atoms with Gasteiger partial charge < -0.3 is 14.6 Å². The molecule has 1 atom stereocenters. The highest BCUT2D eigenvalue weighted by Gasteiger charge is 2.44. The molecule has 0 bridgehead atoms. The van der Waals surface area contributed by atoms with E-state index in [-0.39, 0.29) is 6.29 Å². The van der Waals surface area contributed by atoms with Crippen LogP contribution in [0.3, 0.4) is 0 Å². The summed E-state index contributed by atoms with van der Waals surface area (Å²) in [5.41, 5.74) is -0.956. The van der Waals surface area contributed by atoms with E-state index < -0.39 is 11.6 Å². The van der Waals surface area contributed by atoms with Crippen LogP contribution in [0.15, 0.2) is 0 Å². The number of hydrogen-bond acceptors (Lipinski definition) is 3. The first-order chi connectivity index (χ1) is 7.23. The van der Waals surface area contributed by atoms with E-state index in [9.17, 15) is 9.90 Å². The number of ether oxygens (including phenoxy) is 2. The molecule has 15 heavy (non-hydrogen) atoms. The lowest BCUT2D eigenvalue weighted by molar-refractivity contribution is -0.230. The minimum absolute atomic E-state index is 0.298.